The number of aryl methyl sites for hydroxylation is 1. The largest absolute Gasteiger partial charge is 0.352 e. The van der Waals surface area contributed by atoms with Crippen molar-refractivity contribution in [2.24, 2.45) is 0 Å². The van der Waals surface area contributed by atoms with Crippen LogP contribution >= 0.6 is 0 Å². The molecular formula is C19H19N3O. The minimum atomic E-state index is 0.0817. The van der Waals surface area contributed by atoms with Crippen molar-refractivity contribution in [2.75, 3.05) is 0 Å². The van der Waals surface area contributed by atoms with Gasteiger partial charge in [0, 0.05) is 23.5 Å². The van der Waals surface area contributed by atoms with Crippen LogP contribution in [0.15, 0.2) is 48.7 Å². The Bertz CT molecular complexity index is 863. The molecule has 4 heteroatoms. The number of fused-ring (bicyclic) bond motifs is 1. The van der Waals surface area contributed by atoms with Crippen molar-refractivity contribution in [3.8, 4) is 11.1 Å². The summed E-state index contributed by atoms with van der Waals surface area (Å²) in [7, 11) is 0. The summed E-state index contributed by atoms with van der Waals surface area (Å²) in [5, 5.41) is 3.05. The van der Waals surface area contributed by atoms with Crippen LogP contribution in [0.2, 0.25) is 0 Å². The number of hydrogen-bond acceptors (Lipinski definition) is 2. The first-order chi connectivity index (χ1) is 11.2. The van der Waals surface area contributed by atoms with Gasteiger partial charge >= 0.3 is 0 Å². The summed E-state index contributed by atoms with van der Waals surface area (Å²) >= 11 is 0. The second kappa shape index (κ2) is 5.54. The third-order valence-electron chi connectivity index (χ3n) is 4.31. The van der Waals surface area contributed by atoms with Crippen LogP contribution in [-0.4, -0.2) is 21.5 Å². The molecule has 0 saturated heterocycles. The Labute approximate surface area is 135 Å². The molecule has 0 atom stereocenters. The normalized spacial score (nSPS) is 14.1. The fraction of sp³-hybridized carbons (Fsp3) is 0.263. The van der Waals surface area contributed by atoms with Gasteiger partial charge in [0.1, 0.15) is 6.54 Å². The SMILES string of the molecule is Cc1cc2ncc(-c3ccccc3)cc2n1CC(=O)NC1CC1. The predicted octanol–water partition coefficient (Wildman–Crippen LogP) is 3.29. The average molecular weight is 305 g/mol. The van der Waals surface area contributed by atoms with Gasteiger partial charge in [-0.25, -0.2) is 0 Å². The van der Waals surface area contributed by atoms with Gasteiger partial charge in [-0.1, -0.05) is 30.3 Å². The molecule has 1 fully saturated rings. The fourth-order valence-corrected chi connectivity index (χ4v) is 2.90. The summed E-state index contributed by atoms with van der Waals surface area (Å²) in [4.78, 5) is 16.7. The fourth-order valence-electron chi connectivity index (χ4n) is 2.90. The van der Waals surface area contributed by atoms with Crippen molar-refractivity contribution < 1.29 is 4.79 Å². The number of carbonyl (C=O) groups excluding carboxylic acids is 1. The van der Waals surface area contributed by atoms with E-state index in [0.717, 1.165) is 40.7 Å². The van der Waals surface area contributed by atoms with E-state index in [1.165, 1.54) is 0 Å². The Hall–Kier alpha value is -2.62. The summed E-state index contributed by atoms with van der Waals surface area (Å²) in [6.07, 6.45) is 4.11. The molecule has 1 amide bonds. The van der Waals surface area contributed by atoms with Crippen LogP contribution in [0, 0.1) is 6.92 Å². The molecule has 2 aromatic heterocycles. The lowest BCUT2D eigenvalue weighted by molar-refractivity contribution is -0.121. The number of amides is 1. The van der Waals surface area contributed by atoms with Crippen molar-refractivity contribution >= 4 is 16.9 Å². The molecule has 2 heterocycles. The molecular weight excluding hydrogens is 286 g/mol. The maximum atomic E-state index is 12.2. The molecule has 4 nitrogen and oxygen atoms in total. The number of carbonyl (C=O) groups is 1. The van der Waals surface area contributed by atoms with Gasteiger partial charge in [0.05, 0.1) is 11.0 Å². The minimum Gasteiger partial charge on any atom is -0.352 e. The van der Waals surface area contributed by atoms with Gasteiger partial charge in [-0.05, 0) is 37.5 Å². The van der Waals surface area contributed by atoms with E-state index < -0.39 is 0 Å². The van der Waals surface area contributed by atoms with Crippen molar-refractivity contribution in [1.29, 1.82) is 0 Å². The maximum absolute atomic E-state index is 12.2. The Kier molecular flexibility index (Phi) is 3.37. The van der Waals surface area contributed by atoms with Gasteiger partial charge in [0.2, 0.25) is 5.91 Å². The van der Waals surface area contributed by atoms with Crippen LogP contribution in [0.3, 0.4) is 0 Å². The Morgan fingerprint density at radius 2 is 2.00 bits per heavy atom. The first-order valence-electron chi connectivity index (χ1n) is 8.01. The summed E-state index contributed by atoms with van der Waals surface area (Å²) in [6.45, 7) is 2.38. The van der Waals surface area contributed by atoms with Gasteiger partial charge < -0.3 is 9.88 Å². The summed E-state index contributed by atoms with van der Waals surface area (Å²) in [6, 6.07) is 14.7. The smallest absolute Gasteiger partial charge is 0.240 e. The van der Waals surface area contributed by atoms with E-state index >= 15 is 0 Å². The molecule has 1 aliphatic carbocycles. The maximum Gasteiger partial charge on any atom is 0.240 e. The summed E-state index contributed by atoms with van der Waals surface area (Å²) < 4.78 is 2.05. The number of nitrogens with zero attached hydrogens (tertiary/aromatic N) is 2. The number of nitrogens with one attached hydrogen (secondary N) is 1. The first-order valence-corrected chi connectivity index (χ1v) is 8.01. The minimum absolute atomic E-state index is 0.0817. The molecule has 116 valence electrons. The summed E-state index contributed by atoms with van der Waals surface area (Å²) in [5.74, 6) is 0.0817. The van der Waals surface area contributed by atoms with Crippen molar-refractivity contribution in [2.45, 2.75) is 32.4 Å². The Balaban J connectivity index is 1.71. The molecule has 1 saturated carbocycles. The number of benzene rings is 1. The van der Waals surface area contributed by atoms with E-state index in [1.807, 2.05) is 42.0 Å². The van der Waals surface area contributed by atoms with Crippen molar-refractivity contribution in [3.63, 3.8) is 0 Å². The number of hydrogen-bond donors (Lipinski definition) is 1. The van der Waals surface area contributed by atoms with E-state index in [0.29, 0.717) is 12.6 Å². The van der Waals surface area contributed by atoms with E-state index in [2.05, 4.69) is 28.5 Å². The zero-order valence-corrected chi connectivity index (χ0v) is 13.1. The molecule has 1 N–H and O–H groups in total. The molecule has 0 radical (unpaired) electrons. The van der Waals surface area contributed by atoms with Crippen molar-refractivity contribution in [1.82, 2.24) is 14.9 Å². The third kappa shape index (κ3) is 2.84. The first kappa shape index (κ1) is 14.0. The lowest BCUT2D eigenvalue weighted by atomic mass is 10.1. The van der Waals surface area contributed by atoms with Crippen LogP contribution in [0.25, 0.3) is 22.2 Å². The van der Waals surface area contributed by atoms with Crippen LogP contribution in [0.4, 0.5) is 0 Å². The molecule has 1 aliphatic rings. The monoisotopic (exact) mass is 305 g/mol. The van der Waals surface area contributed by atoms with Crippen LogP contribution in [-0.2, 0) is 11.3 Å². The topological polar surface area (TPSA) is 46.9 Å². The van der Waals surface area contributed by atoms with Gasteiger partial charge in [-0.2, -0.15) is 0 Å². The van der Waals surface area contributed by atoms with Crippen LogP contribution in [0.5, 0.6) is 0 Å². The Morgan fingerprint density at radius 3 is 2.74 bits per heavy atom. The second-order valence-electron chi connectivity index (χ2n) is 6.21. The molecule has 23 heavy (non-hydrogen) atoms. The summed E-state index contributed by atoms with van der Waals surface area (Å²) in [5.41, 5.74) is 5.20. The van der Waals surface area contributed by atoms with Gasteiger partial charge in [0.15, 0.2) is 0 Å². The van der Waals surface area contributed by atoms with E-state index in [4.69, 9.17) is 0 Å². The zero-order chi connectivity index (χ0) is 15.8. The molecule has 0 spiro atoms. The Morgan fingerprint density at radius 1 is 1.22 bits per heavy atom. The molecule has 0 bridgehead atoms. The number of pyridine rings is 1. The molecule has 3 aromatic rings. The molecule has 4 rings (SSSR count). The highest BCUT2D eigenvalue weighted by molar-refractivity contribution is 5.85. The quantitative estimate of drug-likeness (QED) is 0.804. The predicted molar refractivity (Wildman–Crippen MR) is 91.1 cm³/mol. The zero-order valence-electron chi connectivity index (χ0n) is 13.1. The lowest BCUT2D eigenvalue weighted by Crippen LogP contribution is -2.29. The third-order valence-corrected chi connectivity index (χ3v) is 4.31. The van der Waals surface area contributed by atoms with E-state index in [9.17, 15) is 4.79 Å². The van der Waals surface area contributed by atoms with Crippen molar-refractivity contribution in [3.05, 3.63) is 54.4 Å². The van der Waals surface area contributed by atoms with Gasteiger partial charge in [0.25, 0.3) is 0 Å². The average Bonchev–Trinajstić information content (AvgIpc) is 3.32. The van der Waals surface area contributed by atoms with Crippen LogP contribution in [0.1, 0.15) is 18.5 Å². The lowest BCUT2D eigenvalue weighted by Gasteiger charge is -2.09. The highest BCUT2D eigenvalue weighted by Gasteiger charge is 2.23. The van der Waals surface area contributed by atoms with Gasteiger partial charge in [-0.15, -0.1) is 0 Å². The van der Waals surface area contributed by atoms with Gasteiger partial charge in [-0.3, -0.25) is 9.78 Å². The van der Waals surface area contributed by atoms with E-state index in [1.54, 1.807) is 0 Å². The van der Waals surface area contributed by atoms with Crippen LogP contribution < -0.4 is 5.32 Å². The number of rotatable bonds is 4. The molecule has 0 aliphatic heterocycles. The molecule has 1 aromatic carbocycles. The van der Waals surface area contributed by atoms with E-state index in [-0.39, 0.29) is 5.91 Å². The standard InChI is InChI=1S/C19H19N3O/c1-13-9-17-18(22(13)12-19(23)21-16-7-8-16)10-15(11-20-17)14-5-3-2-4-6-14/h2-6,9-11,16H,7-8,12H2,1H3,(H,21,23). The number of aromatic nitrogens is 2. The highest BCUT2D eigenvalue weighted by Crippen LogP contribution is 2.25. The molecule has 0 unspecified atom stereocenters. The highest BCUT2D eigenvalue weighted by atomic mass is 16.2. The second-order valence-corrected chi connectivity index (χ2v) is 6.21.